The zero-order chi connectivity index (χ0) is 23.3. The predicted octanol–water partition coefficient (Wildman–Crippen LogP) is 4.91. The maximum Gasteiger partial charge on any atom is 0.276 e. The number of aliphatic imine (C=N–C) groups is 2. The van der Waals surface area contributed by atoms with E-state index in [1.165, 1.54) is 6.20 Å². The smallest absolute Gasteiger partial charge is 0.276 e. The third kappa shape index (κ3) is 6.40. The van der Waals surface area contributed by atoms with Crippen LogP contribution in [0.15, 0.2) is 113 Å². The summed E-state index contributed by atoms with van der Waals surface area (Å²) in [5.74, 6) is -0.270. The first kappa shape index (κ1) is 24.1. The van der Waals surface area contributed by atoms with Crippen LogP contribution in [0.2, 0.25) is 0 Å². The van der Waals surface area contributed by atoms with E-state index in [1.54, 1.807) is 17.9 Å². The second kappa shape index (κ2) is 12.5. The van der Waals surface area contributed by atoms with Crippen molar-refractivity contribution < 1.29 is 9.53 Å². The highest BCUT2D eigenvalue weighted by atomic mass is 16.5. The number of allylic oxidation sites excluding steroid dienone is 1. The fraction of sp³-hybridized carbons (Fsp3) is 0.115. The lowest BCUT2D eigenvalue weighted by atomic mass is 10.1. The van der Waals surface area contributed by atoms with Gasteiger partial charge in [-0.25, -0.2) is 0 Å². The van der Waals surface area contributed by atoms with Crippen LogP contribution in [0.1, 0.15) is 18.1 Å². The Kier molecular flexibility index (Phi) is 9.40. The largest absolute Gasteiger partial charge is 0.472 e. The van der Waals surface area contributed by atoms with Gasteiger partial charge in [-0.05, 0) is 32.1 Å². The van der Waals surface area contributed by atoms with E-state index < -0.39 is 5.91 Å². The average molecular weight is 429 g/mol. The van der Waals surface area contributed by atoms with Gasteiger partial charge < -0.3 is 9.64 Å². The molecule has 6 nitrogen and oxygen atoms in total. The topological polar surface area (TPSA) is 66.3 Å². The predicted molar refractivity (Wildman–Crippen MR) is 132 cm³/mol. The number of nitrogens with one attached hydrogen (secondary N) is 1. The monoisotopic (exact) mass is 428 g/mol. The van der Waals surface area contributed by atoms with Crippen molar-refractivity contribution in [3.05, 3.63) is 115 Å². The van der Waals surface area contributed by atoms with Gasteiger partial charge in [0, 0.05) is 12.1 Å². The zero-order valence-electron chi connectivity index (χ0n) is 18.3. The Morgan fingerprint density at radius 3 is 2.19 bits per heavy atom. The summed E-state index contributed by atoms with van der Waals surface area (Å²) < 4.78 is 6.02. The second-order valence-corrected chi connectivity index (χ2v) is 6.65. The molecule has 6 heteroatoms. The van der Waals surface area contributed by atoms with E-state index in [0.29, 0.717) is 17.9 Å². The minimum atomic E-state index is -0.447. The highest BCUT2D eigenvalue weighted by Crippen LogP contribution is 2.22. The van der Waals surface area contributed by atoms with Crippen molar-refractivity contribution in [3.8, 4) is 0 Å². The molecule has 164 valence electrons. The van der Waals surface area contributed by atoms with Gasteiger partial charge in [-0.15, -0.1) is 6.58 Å². The number of hydrogen-bond acceptors (Lipinski definition) is 5. The molecule has 0 aliphatic heterocycles. The normalized spacial score (nSPS) is 11.9. The minimum Gasteiger partial charge on any atom is -0.472 e. The van der Waals surface area contributed by atoms with Crippen LogP contribution in [-0.4, -0.2) is 30.8 Å². The van der Waals surface area contributed by atoms with Gasteiger partial charge in [0.2, 0.25) is 5.88 Å². The number of amides is 1. The van der Waals surface area contributed by atoms with Crippen molar-refractivity contribution in [2.45, 2.75) is 13.5 Å². The molecule has 0 aliphatic rings. The first-order chi connectivity index (χ1) is 15.5. The Hall–Kier alpha value is -4.19. The Morgan fingerprint density at radius 2 is 1.66 bits per heavy atom. The maximum atomic E-state index is 13.3. The molecule has 0 saturated heterocycles. The van der Waals surface area contributed by atoms with Gasteiger partial charge in [0.1, 0.15) is 18.0 Å². The SMILES string of the molecule is C=CCN(C=C)/C(C(=O)N/C(OCc1ccccc1)=C(/N=C)c1ccccc1)=C(/C)N=C. The lowest BCUT2D eigenvalue weighted by molar-refractivity contribution is -0.119. The molecule has 2 aromatic rings. The molecule has 1 N–H and O–H groups in total. The fourth-order valence-electron chi connectivity index (χ4n) is 2.92. The summed E-state index contributed by atoms with van der Waals surface area (Å²) in [5, 5.41) is 2.84. The fourth-order valence-corrected chi connectivity index (χ4v) is 2.92. The summed E-state index contributed by atoms with van der Waals surface area (Å²) in [6, 6.07) is 19.0. The van der Waals surface area contributed by atoms with E-state index in [4.69, 9.17) is 4.74 Å². The Balaban J connectivity index is 2.48. The third-order valence-electron chi connectivity index (χ3n) is 4.50. The molecule has 2 rings (SSSR count). The Bertz CT molecular complexity index is 1020. The number of carbonyl (C=O) groups excluding carboxylic acids is 1. The molecule has 0 radical (unpaired) electrons. The van der Waals surface area contributed by atoms with Gasteiger partial charge in [-0.3, -0.25) is 20.1 Å². The number of carbonyl (C=O) groups is 1. The number of benzene rings is 2. The molecule has 0 spiro atoms. The summed E-state index contributed by atoms with van der Waals surface area (Å²) in [4.78, 5) is 23.0. The summed E-state index contributed by atoms with van der Waals surface area (Å²) >= 11 is 0. The third-order valence-corrected chi connectivity index (χ3v) is 4.50. The molecule has 2 aromatic carbocycles. The van der Waals surface area contributed by atoms with Crippen LogP contribution in [0.5, 0.6) is 0 Å². The van der Waals surface area contributed by atoms with E-state index in [-0.39, 0.29) is 18.2 Å². The van der Waals surface area contributed by atoms with Crippen molar-refractivity contribution in [2.75, 3.05) is 6.54 Å². The number of hydrogen-bond donors (Lipinski definition) is 1. The van der Waals surface area contributed by atoms with Crippen molar-refractivity contribution >= 4 is 25.0 Å². The van der Waals surface area contributed by atoms with Crippen molar-refractivity contribution in [3.63, 3.8) is 0 Å². The molecule has 0 aliphatic carbocycles. The molecule has 0 saturated carbocycles. The maximum absolute atomic E-state index is 13.3. The van der Waals surface area contributed by atoms with Crippen LogP contribution < -0.4 is 5.32 Å². The van der Waals surface area contributed by atoms with Crippen LogP contribution in [0.4, 0.5) is 0 Å². The molecular formula is C26H28N4O2. The average Bonchev–Trinajstić information content (AvgIpc) is 2.83. The van der Waals surface area contributed by atoms with Crippen LogP contribution in [0, 0.1) is 0 Å². The molecule has 0 unspecified atom stereocenters. The van der Waals surface area contributed by atoms with Crippen LogP contribution in [0.3, 0.4) is 0 Å². The summed E-state index contributed by atoms with van der Waals surface area (Å²) in [5.41, 5.74) is 2.80. The van der Waals surface area contributed by atoms with Crippen molar-refractivity contribution in [2.24, 2.45) is 9.98 Å². The summed E-state index contributed by atoms with van der Waals surface area (Å²) in [6.07, 6.45) is 3.19. The summed E-state index contributed by atoms with van der Waals surface area (Å²) in [6.45, 7) is 17.0. The number of ether oxygens (including phenoxy) is 1. The first-order valence-electron chi connectivity index (χ1n) is 9.97. The highest BCUT2D eigenvalue weighted by molar-refractivity contribution is 5.95. The van der Waals surface area contributed by atoms with E-state index in [2.05, 4.69) is 41.9 Å². The van der Waals surface area contributed by atoms with E-state index in [9.17, 15) is 4.79 Å². The van der Waals surface area contributed by atoms with Gasteiger partial charge in [-0.1, -0.05) is 73.3 Å². The lowest BCUT2D eigenvalue weighted by Gasteiger charge is -2.23. The van der Waals surface area contributed by atoms with E-state index >= 15 is 0 Å². The molecule has 0 aromatic heterocycles. The van der Waals surface area contributed by atoms with E-state index in [1.807, 2.05) is 60.7 Å². The van der Waals surface area contributed by atoms with Gasteiger partial charge >= 0.3 is 0 Å². The molecule has 1 amide bonds. The molecule has 0 heterocycles. The number of rotatable bonds is 12. The van der Waals surface area contributed by atoms with Crippen molar-refractivity contribution in [1.29, 1.82) is 0 Å². The standard InChI is InChI=1S/C26H28N4O2/c1-6-18-30(7-2)24(20(3)27-4)25(31)29-26(32-19-21-14-10-8-11-15-21)23(28-5)22-16-12-9-13-17-22/h6-17H,1-2,4-5,18-19H2,3H3,(H,29,31)/b24-20-,26-23-. The van der Waals surface area contributed by atoms with Gasteiger partial charge in [0.15, 0.2) is 0 Å². The Labute approximate surface area is 189 Å². The molecular weight excluding hydrogens is 400 g/mol. The lowest BCUT2D eigenvalue weighted by Crippen LogP contribution is -2.34. The van der Waals surface area contributed by atoms with Crippen LogP contribution in [-0.2, 0) is 16.1 Å². The van der Waals surface area contributed by atoms with Gasteiger partial charge in [0.05, 0.1) is 5.70 Å². The molecule has 0 bridgehead atoms. The molecule has 0 fully saturated rings. The quantitative estimate of drug-likeness (QED) is 0.226. The van der Waals surface area contributed by atoms with Gasteiger partial charge in [-0.2, -0.15) is 0 Å². The van der Waals surface area contributed by atoms with E-state index in [0.717, 1.165) is 11.1 Å². The second-order valence-electron chi connectivity index (χ2n) is 6.65. The molecule has 0 atom stereocenters. The first-order valence-corrected chi connectivity index (χ1v) is 9.97. The zero-order valence-corrected chi connectivity index (χ0v) is 18.3. The number of nitrogens with zero attached hydrogens (tertiary/aromatic N) is 3. The highest BCUT2D eigenvalue weighted by Gasteiger charge is 2.22. The summed E-state index contributed by atoms with van der Waals surface area (Å²) in [7, 11) is 0. The van der Waals surface area contributed by atoms with Gasteiger partial charge in [0.25, 0.3) is 5.91 Å². The molecule has 32 heavy (non-hydrogen) atoms. The van der Waals surface area contributed by atoms with Crippen LogP contribution >= 0.6 is 0 Å². The minimum absolute atomic E-state index is 0.178. The van der Waals surface area contributed by atoms with Crippen LogP contribution in [0.25, 0.3) is 5.70 Å². The van der Waals surface area contributed by atoms with Crippen molar-refractivity contribution in [1.82, 2.24) is 10.2 Å². The Morgan fingerprint density at radius 1 is 1.03 bits per heavy atom.